The van der Waals surface area contributed by atoms with Crippen molar-refractivity contribution in [1.82, 2.24) is 9.62 Å². The molecule has 3 atom stereocenters. The van der Waals surface area contributed by atoms with E-state index in [-0.39, 0.29) is 29.3 Å². The number of hydrogen-bond donors (Lipinski definition) is 1. The summed E-state index contributed by atoms with van der Waals surface area (Å²) in [5, 5.41) is 0. The molecule has 2 fully saturated rings. The van der Waals surface area contributed by atoms with Gasteiger partial charge in [0, 0.05) is 30.6 Å². The largest absolute Gasteiger partial charge is 0.341 e. The Morgan fingerprint density at radius 1 is 1.13 bits per heavy atom. The molecule has 8 heteroatoms. The summed E-state index contributed by atoms with van der Waals surface area (Å²) in [5.41, 5.74) is 1.63. The van der Waals surface area contributed by atoms with Gasteiger partial charge in [0.2, 0.25) is 15.9 Å². The van der Waals surface area contributed by atoms with E-state index in [0.717, 1.165) is 30.4 Å². The highest BCUT2D eigenvalue weighted by Crippen LogP contribution is 2.51. The highest BCUT2D eigenvalue weighted by molar-refractivity contribution is 7.88. The van der Waals surface area contributed by atoms with Crippen LogP contribution in [0.25, 0.3) is 11.1 Å². The van der Waals surface area contributed by atoms with Gasteiger partial charge in [-0.15, -0.1) is 0 Å². The second-order valence-electron chi connectivity index (χ2n) is 8.17. The molecular formula is C22H24F2N2O3S. The van der Waals surface area contributed by atoms with E-state index >= 15 is 0 Å². The normalized spacial score (nSPS) is 24.0. The Morgan fingerprint density at radius 2 is 1.90 bits per heavy atom. The molecule has 0 spiro atoms. The van der Waals surface area contributed by atoms with Crippen LogP contribution >= 0.6 is 0 Å². The first-order chi connectivity index (χ1) is 14.2. The number of rotatable bonds is 5. The molecule has 1 N–H and O–H groups in total. The summed E-state index contributed by atoms with van der Waals surface area (Å²) >= 11 is 0. The minimum atomic E-state index is -3.33. The Balaban J connectivity index is 1.51. The minimum absolute atomic E-state index is 0.00508. The highest BCUT2D eigenvalue weighted by Gasteiger charge is 2.47. The van der Waals surface area contributed by atoms with Crippen LogP contribution < -0.4 is 4.72 Å². The molecule has 2 aromatic carbocycles. The number of nitrogens with zero attached hydrogens (tertiary/aromatic N) is 1. The standard InChI is InChI=1S/C22H24F2N2O3S/c1-30(28,29)25-15-5-4-10-26(13-15)22(27)20-12-18(20)16-6-2-3-7-17(16)19-11-14(23)8-9-21(19)24/h2-3,6-9,11,15,18,20,25H,4-5,10,12-13H2,1H3. The van der Waals surface area contributed by atoms with Gasteiger partial charge in [0.05, 0.1) is 6.26 Å². The number of carbonyl (C=O) groups is 1. The first-order valence-corrected chi connectivity index (χ1v) is 11.9. The summed E-state index contributed by atoms with van der Waals surface area (Å²) in [6, 6.07) is 10.3. The van der Waals surface area contributed by atoms with E-state index in [9.17, 15) is 22.0 Å². The summed E-state index contributed by atoms with van der Waals surface area (Å²) in [6.45, 7) is 0.958. The van der Waals surface area contributed by atoms with Crippen molar-refractivity contribution >= 4 is 15.9 Å². The van der Waals surface area contributed by atoms with Gasteiger partial charge in [0.1, 0.15) is 11.6 Å². The van der Waals surface area contributed by atoms with Crippen LogP contribution in [0.1, 0.15) is 30.7 Å². The van der Waals surface area contributed by atoms with Gasteiger partial charge in [0.15, 0.2) is 0 Å². The molecule has 0 aromatic heterocycles. The van der Waals surface area contributed by atoms with Gasteiger partial charge >= 0.3 is 0 Å². The number of nitrogens with one attached hydrogen (secondary N) is 1. The molecule has 1 aliphatic carbocycles. The van der Waals surface area contributed by atoms with Gasteiger partial charge in [0.25, 0.3) is 0 Å². The number of sulfonamides is 1. The summed E-state index contributed by atoms with van der Waals surface area (Å²) in [7, 11) is -3.33. The average Bonchev–Trinajstić information content (AvgIpc) is 3.49. The van der Waals surface area contributed by atoms with Crippen LogP contribution in [0.15, 0.2) is 42.5 Å². The molecule has 1 saturated carbocycles. The first kappa shape index (κ1) is 20.9. The molecule has 2 aromatic rings. The van der Waals surface area contributed by atoms with Gasteiger partial charge in [-0.2, -0.15) is 0 Å². The van der Waals surface area contributed by atoms with E-state index in [1.165, 1.54) is 6.07 Å². The molecule has 3 unspecified atom stereocenters. The van der Waals surface area contributed by atoms with E-state index in [4.69, 9.17) is 0 Å². The summed E-state index contributed by atoms with van der Waals surface area (Å²) in [6.07, 6.45) is 3.20. The van der Waals surface area contributed by atoms with Crippen molar-refractivity contribution < 1.29 is 22.0 Å². The maximum absolute atomic E-state index is 14.3. The van der Waals surface area contributed by atoms with Crippen molar-refractivity contribution in [3.63, 3.8) is 0 Å². The number of halogens is 2. The molecular weight excluding hydrogens is 410 g/mol. The lowest BCUT2D eigenvalue weighted by molar-refractivity contribution is -0.133. The van der Waals surface area contributed by atoms with Crippen LogP contribution in [0.3, 0.4) is 0 Å². The molecule has 0 bridgehead atoms. The Hall–Kier alpha value is -2.32. The fraction of sp³-hybridized carbons (Fsp3) is 0.409. The lowest BCUT2D eigenvalue weighted by Crippen LogP contribution is -2.49. The Kier molecular flexibility index (Phi) is 5.63. The second kappa shape index (κ2) is 8.07. The summed E-state index contributed by atoms with van der Waals surface area (Å²) in [5.74, 6) is -1.30. The third-order valence-electron chi connectivity index (χ3n) is 5.80. The maximum Gasteiger partial charge on any atom is 0.226 e. The number of likely N-dealkylation sites (tertiary alicyclic amines) is 1. The van der Waals surface area contributed by atoms with E-state index in [0.29, 0.717) is 31.5 Å². The van der Waals surface area contributed by atoms with Crippen LogP contribution in [0.4, 0.5) is 8.78 Å². The number of benzene rings is 2. The van der Waals surface area contributed by atoms with Gasteiger partial charge in [-0.05, 0) is 54.5 Å². The summed E-state index contributed by atoms with van der Waals surface area (Å²) in [4.78, 5) is 14.8. The zero-order valence-corrected chi connectivity index (χ0v) is 17.5. The van der Waals surface area contributed by atoms with E-state index < -0.39 is 21.7 Å². The van der Waals surface area contributed by atoms with E-state index in [2.05, 4.69) is 4.72 Å². The van der Waals surface area contributed by atoms with Crippen LogP contribution in [-0.4, -0.2) is 44.6 Å². The Bertz CT molecular complexity index is 1070. The van der Waals surface area contributed by atoms with Crippen molar-refractivity contribution in [3.8, 4) is 11.1 Å². The zero-order valence-electron chi connectivity index (χ0n) is 16.6. The van der Waals surface area contributed by atoms with Crippen LogP contribution in [0.5, 0.6) is 0 Å². The van der Waals surface area contributed by atoms with Crippen LogP contribution in [0, 0.1) is 17.6 Å². The fourth-order valence-electron chi connectivity index (χ4n) is 4.39. The highest BCUT2D eigenvalue weighted by atomic mass is 32.2. The molecule has 30 heavy (non-hydrogen) atoms. The zero-order chi connectivity index (χ0) is 21.5. The predicted octanol–water partition coefficient (Wildman–Crippen LogP) is 3.28. The number of amides is 1. The molecule has 1 heterocycles. The quantitative estimate of drug-likeness (QED) is 0.786. The molecule has 160 valence electrons. The minimum Gasteiger partial charge on any atom is -0.341 e. The van der Waals surface area contributed by atoms with Crippen LogP contribution in [-0.2, 0) is 14.8 Å². The molecule has 0 radical (unpaired) electrons. The van der Waals surface area contributed by atoms with E-state index in [1.54, 1.807) is 17.0 Å². The number of hydrogen-bond acceptors (Lipinski definition) is 3. The third kappa shape index (κ3) is 4.54. The van der Waals surface area contributed by atoms with Gasteiger partial charge < -0.3 is 4.90 Å². The van der Waals surface area contributed by atoms with Gasteiger partial charge in [-0.25, -0.2) is 21.9 Å². The van der Waals surface area contributed by atoms with Crippen molar-refractivity contribution in [1.29, 1.82) is 0 Å². The molecule has 2 aliphatic rings. The third-order valence-corrected chi connectivity index (χ3v) is 6.56. The topological polar surface area (TPSA) is 66.5 Å². The monoisotopic (exact) mass is 434 g/mol. The molecule has 5 nitrogen and oxygen atoms in total. The van der Waals surface area contributed by atoms with Crippen molar-refractivity contribution in [2.45, 2.75) is 31.2 Å². The number of piperidine rings is 1. The maximum atomic E-state index is 14.3. The molecule has 1 aliphatic heterocycles. The first-order valence-electron chi connectivity index (χ1n) is 10.0. The number of carbonyl (C=O) groups excluding carboxylic acids is 1. The van der Waals surface area contributed by atoms with Gasteiger partial charge in [-0.3, -0.25) is 4.79 Å². The molecule has 1 amide bonds. The smallest absolute Gasteiger partial charge is 0.226 e. The van der Waals surface area contributed by atoms with Crippen molar-refractivity contribution in [2.24, 2.45) is 5.92 Å². The predicted molar refractivity (Wildman–Crippen MR) is 110 cm³/mol. The van der Waals surface area contributed by atoms with Crippen molar-refractivity contribution in [3.05, 3.63) is 59.7 Å². The van der Waals surface area contributed by atoms with Crippen molar-refractivity contribution in [2.75, 3.05) is 19.3 Å². The van der Waals surface area contributed by atoms with Gasteiger partial charge in [-0.1, -0.05) is 24.3 Å². The molecule has 4 rings (SSSR count). The van der Waals surface area contributed by atoms with E-state index in [1.807, 2.05) is 12.1 Å². The Labute approximate surface area is 175 Å². The lowest BCUT2D eigenvalue weighted by Gasteiger charge is -2.33. The SMILES string of the molecule is CS(=O)(=O)NC1CCCN(C(=O)C2CC2c2ccccc2-c2cc(F)ccc2F)C1. The summed E-state index contributed by atoms with van der Waals surface area (Å²) < 4.78 is 53.7. The van der Waals surface area contributed by atoms with Crippen LogP contribution in [0.2, 0.25) is 0 Å². The average molecular weight is 435 g/mol. The fourth-order valence-corrected chi connectivity index (χ4v) is 5.19. The lowest BCUT2D eigenvalue weighted by atomic mass is 9.95. The molecule has 1 saturated heterocycles. The Morgan fingerprint density at radius 3 is 2.67 bits per heavy atom. The second-order valence-corrected chi connectivity index (χ2v) is 9.95.